The van der Waals surface area contributed by atoms with Gasteiger partial charge in [-0.3, -0.25) is 4.90 Å². The maximum atomic E-state index is 3.73. The van der Waals surface area contributed by atoms with Crippen molar-refractivity contribution in [1.82, 2.24) is 10.2 Å². The largest absolute Gasteiger partial charge is 0.309 e. The lowest BCUT2D eigenvalue weighted by molar-refractivity contribution is 0.233. The van der Waals surface area contributed by atoms with E-state index in [1.165, 1.54) is 37.9 Å². The zero-order valence-electron chi connectivity index (χ0n) is 9.73. The highest BCUT2D eigenvalue weighted by atomic mass is 15.2. The molecular weight excluding hydrogens is 196 g/mol. The molecule has 2 heterocycles. The molecule has 0 radical (unpaired) electrons. The second-order valence-corrected chi connectivity index (χ2v) is 4.94. The number of fused-ring (bicyclic) bond motifs is 1. The van der Waals surface area contributed by atoms with Crippen molar-refractivity contribution in [2.45, 2.75) is 31.3 Å². The smallest absolute Gasteiger partial charge is 0.0478 e. The molecule has 0 aliphatic carbocycles. The van der Waals surface area contributed by atoms with Gasteiger partial charge in [-0.25, -0.2) is 0 Å². The highest BCUT2D eigenvalue weighted by Crippen LogP contribution is 2.30. The second-order valence-electron chi connectivity index (χ2n) is 4.94. The number of hydrogen-bond acceptors (Lipinski definition) is 2. The van der Waals surface area contributed by atoms with Crippen molar-refractivity contribution in [1.29, 1.82) is 0 Å². The predicted octanol–water partition coefficient (Wildman–Crippen LogP) is 2.19. The molecule has 2 unspecified atom stereocenters. The van der Waals surface area contributed by atoms with Crippen LogP contribution in [0.4, 0.5) is 0 Å². The van der Waals surface area contributed by atoms with Crippen molar-refractivity contribution >= 4 is 0 Å². The van der Waals surface area contributed by atoms with Crippen LogP contribution in [0.2, 0.25) is 0 Å². The summed E-state index contributed by atoms with van der Waals surface area (Å²) in [5.74, 6) is 0. The van der Waals surface area contributed by atoms with E-state index in [2.05, 4.69) is 40.5 Å². The number of rotatable bonds is 1. The van der Waals surface area contributed by atoms with Gasteiger partial charge in [-0.1, -0.05) is 30.3 Å². The fraction of sp³-hybridized carbons (Fsp3) is 0.571. The number of nitrogens with one attached hydrogen (secondary N) is 1. The van der Waals surface area contributed by atoms with Crippen LogP contribution < -0.4 is 5.32 Å². The van der Waals surface area contributed by atoms with E-state index in [1.807, 2.05) is 0 Å². The van der Waals surface area contributed by atoms with Crippen LogP contribution in [0.3, 0.4) is 0 Å². The Morgan fingerprint density at radius 2 is 1.88 bits per heavy atom. The zero-order valence-corrected chi connectivity index (χ0v) is 9.73. The quantitative estimate of drug-likeness (QED) is 0.774. The molecule has 3 rings (SSSR count). The van der Waals surface area contributed by atoms with Gasteiger partial charge in [0, 0.05) is 12.1 Å². The molecule has 1 aromatic carbocycles. The SMILES string of the molecule is c1ccc(C2NCCCN3CCCC23)cc1. The Bertz CT molecular complexity index is 336. The van der Waals surface area contributed by atoms with Gasteiger partial charge in [-0.05, 0) is 44.5 Å². The summed E-state index contributed by atoms with van der Waals surface area (Å²) >= 11 is 0. The Labute approximate surface area is 97.6 Å². The molecule has 2 atom stereocenters. The first-order chi connectivity index (χ1) is 7.95. The van der Waals surface area contributed by atoms with Gasteiger partial charge in [0.15, 0.2) is 0 Å². The summed E-state index contributed by atoms with van der Waals surface area (Å²) in [6, 6.07) is 12.2. The van der Waals surface area contributed by atoms with Gasteiger partial charge in [0.2, 0.25) is 0 Å². The molecule has 16 heavy (non-hydrogen) atoms. The summed E-state index contributed by atoms with van der Waals surface area (Å²) < 4.78 is 0. The third-order valence-electron chi connectivity index (χ3n) is 3.94. The van der Waals surface area contributed by atoms with E-state index in [0.717, 1.165) is 12.6 Å². The molecule has 0 aromatic heterocycles. The van der Waals surface area contributed by atoms with Crippen LogP contribution in [0.25, 0.3) is 0 Å². The third-order valence-corrected chi connectivity index (χ3v) is 3.94. The normalized spacial score (nSPS) is 31.0. The number of nitrogens with zero attached hydrogens (tertiary/aromatic N) is 1. The van der Waals surface area contributed by atoms with Crippen LogP contribution in [0, 0.1) is 0 Å². The third kappa shape index (κ3) is 1.87. The van der Waals surface area contributed by atoms with E-state index in [9.17, 15) is 0 Å². The first kappa shape index (κ1) is 10.3. The standard InChI is InChI=1S/C14H20N2/c1-2-6-12(7-3-1)14-13-8-4-10-16(13)11-5-9-15-14/h1-3,6-7,13-15H,4-5,8-11H2. The Hall–Kier alpha value is -0.860. The zero-order chi connectivity index (χ0) is 10.8. The molecule has 1 aromatic rings. The summed E-state index contributed by atoms with van der Waals surface area (Å²) in [5.41, 5.74) is 1.46. The first-order valence-corrected chi connectivity index (χ1v) is 6.47. The van der Waals surface area contributed by atoms with Crippen LogP contribution in [0.1, 0.15) is 30.9 Å². The molecule has 0 spiro atoms. The lowest BCUT2D eigenvalue weighted by atomic mass is 9.98. The van der Waals surface area contributed by atoms with Gasteiger partial charge >= 0.3 is 0 Å². The van der Waals surface area contributed by atoms with Crippen LogP contribution in [-0.2, 0) is 0 Å². The molecule has 0 bridgehead atoms. The minimum absolute atomic E-state index is 0.547. The van der Waals surface area contributed by atoms with Gasteiger partial charge in [0.25, 0.3) is 0 Å². The molecule has 0 amide bonds. The second kappa shape index (κ2) is 4.56. The lowest BCUT2D eigenvalue weighted by Crippen LogP contribution is -2.37. The summed E-state index contributed by atoms with van der Waals surface area (Å²) in [6.07, 6.45) is 4.02. The van der Waals surface area contributed by atoms with E-state index in [4.69, 9.17) is 0 Å². The number of benzene rings is 1. The fourth-order valence-electron chi connectivity index (χ4n) is 3.18. The highest BCUT2D eigenvalue weighted by Gasteiger charge is 2.33. The maximum Gasteiger partial charge on any atom is 0.0478 e. The topological polar surface area (TPSA) is 15.3 Å². The van der Waals surface area contributed by atoms with Gasteiger partial charge in [0.05, 0.1) is 0 Å². The van der Waals surface area contributed by atoms with Crippen molar-refractivity contribution < 1.29 is 0 Å². The molecule has 2 saturated heterocycles. The minimum atomic E-state index is 0.547. The molecule has 86 valence electrons. The lowest BCUT2D eigenvalue weighted by Gasteiger charge is -2.29. The van der Waals surface area contributed by atoms with Gasteiger partial charge in [-0.15, -0.1) is 0 Å². The fourth-order valence-corrected chi connectivity index (χ4v) is 3.18. The molecular formula is C14H20N2. The van der Waals surface area contributed by atoms with Crippen LogP contribution in [0.5, 0.6) is 0 Å². The van der Waals surface area contributed by atoms with E-state index >= 15 is 0 Å². The van der Waals surface area contributed by atoms with Gasteiger partial charge < -0.3 is 5.32 Å². The monoisotopic (exact) mass is 216 g/mol. The predicted molar refractivity (Wildman–Crippen MR) is 66.4 cm³/mol. The Morgan fingerprint density at radius 1 is 1.06 bits per heavy atom. The Morgan fingerprint density at radius 3 is 2.75 bits per heavy atom. The maximum absolute atomic E-state index is 3.73. The van der Waals surface area contributed by atoms with Gasteiger partial charge in [-0.2, -0.15) is 0 Å². The van der Waals surface area contributed by atoms with Crippen molar-refractivity contribution in [2.24, 2.45) is 0 Å². The van der Waals surface area contributed by atoms with Gasteiger partial charge in [0.1, 0.15) is 0 Å². The average molecular weight is 216 g/mol. The van der Waals surface area contributed by atoms with E-state index in [0.29, 0.717) is 6.04 Å². The Balaban J connectivity index is 1.87. The van der Waals surface area contributed by atoms with Crippen LogP contribution >= 0.6 is 0 Å². The first-order valence-electron chi connectivity index (χ1n) is 6.47. The Kier molecular flexibility index (Phi) is 2.94. The van der Waals surface area contributed by atoms with Crippen molar-refractivity contribution in [3.8, 4) is 0 Å². The van der Waals surface area contributed by atoms with Crippen molar-refractivity contribution in [2.75, 3.05) is 19.6 Å². The molecule has 2 nitrogen and oxygen atoms in total. The van der Waals surface area contributed by atoms with E-state index < -0.39 is 0 Å². The summed E-state index contributed by atoms with van der Waals surface area (Å²) in [7, 11) is 0. The molecule has 2 aliphatic heterocycles. The molecule has 2 fully saturated rings. The summed E-state index contributed by atoms with van der Waals surface area (Å²) in [6.45, 7) is 3.74. The molecule has 0 saturated carbocycles. The molecule has 2 aliphatic rings. The summed E-state index contributed by atoms with van der Waals surface area (Å²) in [4.78, 5) is 2.68. The minimum Gasteiger partial charge on any atom is -0.309 e. The molecule has 2 heteroatoms. The number of hydrogen-bond donors (Lipinski definition) is 1. The van der Waals surface area contributed by atoms with Crippen LogP contribution in [-0.4, -0.2) is 30.6 Å². The van der Waals surface area contributed by atoms with Crippen LogP contribution in [0.15, 0.2) is 30.3 Å². The highest BCUT2D eigenvalue weighted by molar-refractivity contribution is 5.21. The average Bonchev–Trinajstić information content (AvgIpc) is 2.70. The summed E-state index contributed by atoms with van der Waals surface area (Å²) in [5, 5.41) is 3.73. The van der Waals surface area contributed by atoms with Crippen molar-refractivity contribution in [3.05, 3.63) is 35.9 Å². The van der Waals surface area contributed by atoms with E-state index in [1.54, 1.807) is 0 Å². The molecule has 1 N–H and O–H groups in total. The van der Waals surface area contributed by atoms with Crippen molar-refractivity contribution in [3.63, 3.8) is 0 Å². The van der Waals surface area contributed by atoms with E-state index in [-0.39, 0.29) is 0 Å².